The van der Waals surface area contributed by atoms with Crippen LogP contribution in [0.25, 0.3) is 10.9 Å². The number of hydrogen-bond acceptors (Lipinski definition) is 4. The summed E-state index contributed by atoms with van der Waals surface area (Å²) >= 11 is 6.61. The number of aromatic carboxylic acids is 1. The van der Waals surface area contributed by atoms with Crippen molar-refractivity contribution >= 4 is 40.1 Å². The normalized spacial score (nSPS) is 19.2. The number of anilines is 1. The SMILES string of the molecule is CC(=O)NC1CCCN1c1c(F)cc2c(=O)c(C(=O)O)cn(C3CC3)c2c1Cl. The van der Waals surface area contributed by atoms with Crippen LogP contribution < -0.4 is 15.6 Å². The molecule has 1 saturated carbocycles. The molecule has 1 saturated heterocycles. The smallest absolute Gasteiger partial charge is 0.341 e. The van der Waals surface area contributed by atoms with Gasteiger partial charge in [-0.2, -0.15) is 0 Å². The second-order valence-electron chi connectivity index (χ2n) is 7.28. The lowest BCUT2D eigenvalue weighted by atomic mass is 10.1. The Labute approximate surface area is 164 Å². The van der Waals surface area contributed by atoms with Crippen molar-refractivity contribution < 1.29 is 19.1 Å². The van der Waals surface area contributed by atoms with Crippen molar-refractivity contribution in [3.63, 3.8) is 0 Å². The molecule has 28 heavy (non-hydrogen) atoms. The Hall–Kier alpha value is -2.61. The number of carboxylic acids is 1. The van der Waals surface area contributed by atoms with Gasteiger partial charge in [0.25, 0.3) is 0 Å². The highest BCUT2D eigenvalue weighted by Gasteiger charge is 2.33. The maximum Gasteiger partial charge on any atom is 0.341 e. The molecule has 4 rings (SSSR count). The number of fused-ring (bicyclic) bond motifs is 1. The van der Waals surface area contributed by atoms with Gasteiger partial charge in [-0.3, -0.25) is 9.59 Å². The first-order chi connectivity index (χ1) is 13.3. The van der Waals surface area contributed by atoms with Crippen molar-refractivity contribution in [1.82, 2.24) is 9.88 Å². The number of carbonyl (C=O) groups excluding carboxylic acids is 1. The molecular weight excluding hydrogens is 389 g/mol. The van der Waals surface area contributed by atoms with Gasteiger partial charge >= 0.3 is 5.97 Å². The van der Waals surface area contributed by atoms with Crippen LogP contribution in [-0.4, -0.2) is 34.3 Å². The van der Waals surface area contributed by atoms with Crippen LogP contribution in [0.15, 0.2) is 17.1 Å². The van der Waals surface area contributed by atoms with Crippen LogP contribution in [0.3, 0.4) is 0 Å². The van der Waals surface area contributed by atoms with E-state index in [1.54, 1.807) is 9.47 Å². The molecule has 1 aliphatic carbocycles. The topological polar surface area (TPSA) is 91.6 Å². The number of benzene rings is 1. The minimum absolute atomic E-state index is 0.0294. The van der Waals surface area contributed by atoms with Gasteiger partial charge in [0, 0.05) is 25.7 Å². The second-order valence-corrected chi connectivity index (χ2v) is 7.66. The second kappa shape index (κ2) is 6.77. The third-order valence-corrected chi connectivity index (χ3v) is 5.62. The summed E-state index contributed by atoms with van der Waals surface area (Å²) in [5, 5.41) is 12.2. The molecule has 7 nitrogen and oxygen atoms in total. The molecular formula is C19H19ClFN3O4. The molecule has 1 aliphatic heterocycles. The summed E-state index contributed by atoms with van der Waals surface area (Å²) in [6.07, 6.45) is 3.98. The zero-order chi connectivity index (χ0) is 20.2. The lowest BCUT2D eigenvalue weighted by Gasteiger charge is -2.29. The number of nitrogens with one attached hydrogen (secondary N) is 1. The Kier molecular flexibility index (Phi) is 4.53. The van der Waals surface area contributed by atoms with Crippen LogP contribution in [0.1, 0.15) is 49.0 Å². The quantitative estimate of drug-likeness (QED) is 0.813. The fourth-order valence-electron chi connectivity index (χ4n) is 3.91. The van der Waals surface area contributed by atoms with Gasteiger partial charge in [0.15, 0.2) is 0 Å². The van der Waals surface area contributed by atoms with Crippen LogP contribution in [0.4, 0.5) is 10.1 Å². The molecule has 2 fully saturated rings. The summed E-state index contributed by atoms with van der Waals surface area (Å²) in [4.78, 5) is 37.3. The molecule has 1 aromatic carbocycles. The molecule has 148 valence electrons. The van der Waals surface area contributed by atoms with E-state index in [1.165, 1.54) is 13.1 Å². The fourth-order valence-corrected chi connectivity index (χ4v) is 4.31. The predicted octanol–water partition coefficient (Wildman–Crippen LogP) is 2.89. The van der Waals surface area contributed by atoms with Gasteiger partial charge in [-0.25, -0.2) is 9.18 Å². The first-order valence-corrected chi connectivity index (χ1v) is 9.51. The van der Waals surface area contributed by atoms with Crippen LogP contribution in [0.2, 0.25) is 5.02 Å². The lowest BCUT2D eigenvalue weighted by molar-refractivity contribution is -0.119. The van der Waals surface area contributed by atoms with Crippen molar-refractivity contribution in [3.05, 3.63) is 38.9 Å². The highest BCUT2D eigenvalue weighted by atomic mass is 35.5. The average molecular weight is 408 g/mol. The zero-order valence-electron chi connectivity index (χ0n) is 15.2. The van der Waals surface area contributed by atoms with E-state index in [1.807, 2.05) is 0 Å². The highest BCUT2D eigenvalue weighted by Crippen LogP contribution is 2.43. The molecule has 1 amide bonds. The van der Waals surface area contributed by atoms with Crippen LogP contribution in [-0.2, 0) is 4.79 Å². The summed E-state index contributed by atoms with van der Waals surface area (Å²) in [7, 11) is 0. The van der Waals surface area contributed by atoms with E-state index in [9.17, 15) is 19.5 Å². The van der Waals surface area contributed by atoms with E-state index in [0.29, 0.717) is 18.5 Å². The van der Waals surface area contributed by atoms with E-state index >= 15 is 4.39 Å². The van der Waals surface area contributed by atoms with Gasteiger partial charge in [0.05, 0.1) is 21.6 Å². The first kappa shape index (κ1) is 18.7. The summed E-state index contributed by atoms with van der Waals surface area (Å²) in [5.74, 6) is -2.29. The van der Waals surface area contributed by atoms with Crippen molar-refractivity contribution in [3.8, 4) is 0 Å². The number of carboxylic acid groups (broad SMARTS) is 1. The maximum absolute atomic E-state index is 15.1. The van der Waals surface area contributed by atoms with Gasteiger partial charge in [-0.05, 0) is 31.7 Å². The Morgan fingerprint density at radius 3 is 2.64 bits per heavy atom. The van der Waals surface area contributed by atoms with Crippen molar-refractivity contribution in [1.29, 1.82) is 0 Å². The molecule has 0 bridgehead atoms. The van der Waals surface area contributed by atoms with E-state index in [4.69, 9.17) is 11.6 Å². The van der Waals surface area contributed by atoms with Crippen LogP contribution in [0, 0.1) is 5.82 Å². The number of hydrogen-bond donors (Lipinski definition) is 2. The number of amides is 1. The van der Waals surface area contributed by atoms with Crippen molar-refractivity contribution in [2.75, 3.05) is 11.4 Å². The molecule has 1 aromatic heterocycles. The van der Waals surface area contributed by atoms with E-state index in [-0.39, 0.29) is 34.2 Å². The van der Waals surface area contributed by atoms with Crippen LogP contribution >= 0.6 is 11.6 Å². The van der Waals surface area contributed by atoms with Crippen molar-refractivity contribution in [2.45, 2.75) is 44.8 Å². The summed E-state index contributed by atoms with van der Waals surface area (Å²) in [5.41, 5.74) is -0.696. The summed E-state index contributed by atoms with van der Waals surface area (Å²) in [6.45, 7) is 1.90. The molecule has 2 N–H and O–H groups in total. The van der Waals surface area contributed by atoms with Gasteiger partial charge < -0.3 is 19.9 Å². The number of aromatic nitrogens is 1. The summed E-state index contributed by atoms with van der Waals surface area (Å²) in [6, 6.07) is 1.09. The Morgan fingerprint density at radius 1 is 1.32 bits per heavy atom. The number of pyridine rings is 1. The standard InChI is InChI=1S/C19H19ClFN3O4/c1-9(25)22-14-3-2-6-23(14)17-13(21)7-11-16(15(17)20)24(10-4-5-10)8-12(18(11)26)19(27)28/h7-8,10,14H,2-6H2,1H3,(H,22,25)(H,27,28). The van der Waals surface area contributed by atoms with Gasteiger partial charge in [0.2, 0.25) is 11.3 Å². The van der Waals surface area contributed by atoms with E-state index in [0.717, 1.165) is 25.3 Å². The summed E-state index contributed by atoms with van der Waals surface area (Å²) < 4.78 is 16.7. The van der Waals surface area contributed by atoms with Crippen LogP contribution in [0.5, 0.6) is 0 Å². The number of halogens is 2. The minimum atomic E-state index is -1.35. The third kappa shape index (κ3) is 3.01. The Balaban J connectivity index is 1.96. The highest BCUT2D eigenvalue weighted by molar-refractivity contribution is 6.38. The molecule has 0 spiro atoms. The van der Waals surface area contributed by atoms with E-state index in [2.05, 4.69) is 5.32 Å². The zero-order valence-corrected chi connectivity index (χ0v) is 15.9. The third-order valence-electron chi connectivity index (χ3n) is 5.26. The van der Waals surface area contributed by atoms with Gasteiger partial charge in [-0.15, -0.1) is 0 Å². The average Bonchev–Trinajstić information content (AvgIpc) is 3.36. The number of carbonyl (C=O) groups is 2. The monoisotopic (exact) mass is 407 g/mol. The predicted molar refractivity (Wildman–Crippen MR) is 103 cm³/mol. The molecule has 2 aliphatic rings. The molecule has 2 heterocycles. The molecule has 2 aromatic rings. The number of rotatable bonds is 4. The van der Waals surface area contributed by atoms with Gasteiger partial charge in [-0.1, -0.05) is 11.6 Å². The fraction of sp³-hybridized carbons (Fsp3) is 0.421. The molecule has 1 unspecified atom stereocenters. The molecule has 0 radical (unpaired) electrons. The lowest BCUT2D eigenvalue weighted by Crippen LogP contribution is -2.44. The molecule has 9 heteroatoms. The van der Waals surface area contributed by atoms with Gasteiger partial charge in [0.1, 0.15) is 17.5 Å². The largest absolute Gasteiger partial charge is 0.477 e. The molecule has 1 atom stereocenters. The van der Waals surface area contributed by atoms with E-state index < -0.39 is 22.8 Å². The first-order valence-electron chi connectivity index (χ1n) is 9.13. The minimum Gasteiger partial charge on any atom is -0.477 e. The maximum atomic E-state index is 15.1. The Bertz CT molecular complexity index is 1060. The number of nitrogens with zero attached hydrogens (tertiary/aromatic N) is 2. The van der Waals surface area contributed by atoms with Crippen molar-refractivity contribution in [2.24, 2.45) is 0 Å². The Morgan fingerprint density at radius 2 is 2.04 bits per heavy atom.